The van der Waals surface area contributed by atoms with Gasteiger partial charge in [0.05, 0.1) is 58.1 Å². The molecule has 0 aliphatic carbocycles. The second-order valence-corrected chi connectivity index (χ2v) is 24.1. The molecule has 0 aromatic heterocycles. The molecule has 1 unspecified atom stereocenters. The van der Waals surface area contributed by atoms with Crippen LogP contribution in [0.25, 0.3) is 0 Å². The third-order valence-corrected chi connectivity index (χ3v) is 17.1. The number of ether oxygens (including phenoxy) is 3. The van der Waals surface area contributed by atoms with E-state index in [4.69, 9.17) is 14.2 Å². The van der Waals surface area contributed by atoms with Crippen molar-refractivity contribution >= 4 is 70.7 Å². The number of thioether (sulfide) groups is 1. The van der Waals surface area contributed by atoms with E-state index < -0.39 is 55.7 Å². The molecule has 2 heterocycles. The zero-order valence-corrected chi connectivity index (χ0v) is 53.5. The van der Waals surface area contributed by atoms with Crippen LogP contribution in [0.4, 0.5) is 4.79 Å². The van der Waals surface area contributed by atoms with Crippen LogP contribution in [0.1, 0.15) is 114 Å². The lowest BCUT2D eigenvalue weighted by Gasteiger charge is -2.32. The molecule has 2 aliphatic rings. The Hall–Kier alpha value is -7.21. The van der Waals surface area contributed by atoms with E-state index in [0.717, 1.165) is 61.8 Å². The van der Waals surface area contributed by atoms with Gasteiger partial charge in [0.25, 0.3) is 0 Å². The minimum atomic E-state index is -0.585. The topological polar surface area (TPSA) is 254 Å². The molecule has 23 heteroatoms. The number of hydrogen-bond donors (Lipinski definition) is 3. The van der Waals surface area contributed by atoms with Crippen molar-refractivity contribution in [3.05, 3.63) is 108 Å². The molecule has 2 fully saturated rings. The number of nitrogens with zero attached hydrogens (tertiary/aromatic N) is 6. The predicted octanol–water partition coefficient (Wildman–Crippen LogP) is 5.40. The lowest BCUT2D eigenvalue weighted by atomic mass is 10.0. The monoisotopic (exact) mass is 1250 g/mol. The van der Waals surface area contributed by atoms with Gasteiger partial charge in [-0.1, -0.05) is 117 Å². The molecular formula is C66H95N9O13S. The number of Topliss-reactive ketones (excluding diaryl/α,β-unsaturated/α-hetero) is 2. The number of urea groups is 1. The van der Waals surface area contributed by atoms with Gasteiger partial charge in [-0.25, -0.2) is 4.79 Å². The number of amides is 9. The van der Waals surface area contributed by atoms with Crippen LogP contribution in [-0.4, -0.2) is 218 Å². The number of rotatable bonds is 45. The summed E-state index contributed by atoms with van der Waals surface area (Å²) >= 11 is 1.88. The fourth-order valence-corrected chi connectivity index (χ4v) is 12.2. The van der Waals surface area contributed by atoms with Crippen LogP contribution >= 0.6 is 11.8 Å². The first kappa shape index (κ1) is 72.5. The van der Waals surface area contributed by atoms with E-state index in [9.17, 15) is 47.9 Å². The Morgan fingerprint density at radius 2 is 0.865 bits per heavy atom. The van der Waals surface area contributed by atoms with Crippen molar-refractivity contribution in [3.63, 3.8) is 0 Å². The van der Waals surface area contributed by atoms with Gasteiger partial charge in [-0.3, -0.25) is 43.2 Å². The Balaban J connectivity index is 1.12. The van der Waals surface area contributed by atoms with E-state index in [1.54, 1.807) is 24.3 Å². The summed E-state index contributed by atoms with van der Waals surface area (Å²) in [4.78, 5) is 143. The quantitative estimate of drug-likeness (QED) is 0.0474. The van der Waals surface area contributed by atoms with Gasteiger partial charge >= 0.3 is 6.03 Å². The normalized spacial score (nSPS) is 14.8. The number of nitrogens with one attached hydrogen (secondary N) is 3. The van der Waals surface area contributed by atoms with Crippen LogP contribution < -0.4 is 16.0 Å². The molecule has 0 bridgehead atoms. The minimum absolute atomic E-state index is 0.0100. The Labute approximate surface area is 529 Å². The van der Waals surface area contributed by atoms with Crippen LogP contribution in [0.5, 0.6) is 0 Å². The molecule has 0 radical (unpaired) electrons. The number of benzene rings is 3. The number of carbonyl (C=O) groups excluding carboxylic acids is 10. The molecule has 89 heavy (non-hydrogen) atoms. The molecule has 2 saturated heterocycles. The number of ketones is 2. The first-order valence-corrected chi connectivity index (χ1v) is 32.3. The maximum atomic E-state index is 14.6. The molecule has 3 aromatic rings. The molecule has 0 spiro atoms. The number of carbonyl (C=O) groups is 10. The first-order valence-electron chi connectivity index (χ1n) is 31.3. The van der Waals surface area contributed by atoms with Crippen LogP contribution in [-0.2, 0) is 77.0 Å². The predicted molar refractivity (Wildman–Crippen MR) is 340 cm³/mol. The highest BCUT2D eigenvalue weighted by Crippen LogP contribution is 2.33. The highest BCUT2D eigenvalue weighted by Gasteiger charge is 2.42. The van der Waals surface area contributed by atoms with Gasteiger partial charge in [0.1, 0.15) is 24.7 Å². The van der Waals surface area contributed by atoms with Crippen molar-refractivity contribution in [1.29, 1.82) is 0 Å². The summed E-state index contributed by atoms with van der Waals surface area (Å²) in [6.07, 6.45) is 9.44. The molecule has 488 valence electrons. The van der Waals surface area contributed by atoms with Crippen LogP contribution in [0.2, 0.25) is 0 Å². The number of hydrogen-bond acceptors (Lipinski definition) is 14. The van der Waals surface area contributed by atoms with E-state index in [0.29, 0.717) is 55.9 Å². The van der Waals surface area contributed by atoms with Gasteiger partial charge < -0.3 is 59.6 Å². The van der Waals surface area contributed by atoms with Crippen LogP contribution in [0.3, 0.4) is 0 Å². The third kappa shape index (κ3) is 27.6. The largest absolute Gasteiger partial charge is 0.383 e. The highest BCUT2D eigenvalue weighted by molar-refractivity contribution is 8.00. The number of methoxy groups -OCH3 is 3. The van der Waals surface area contributed by atoms with Gasteiger partial charge in [0.15, 0.2) is 0 Å². The average molecular weight is 1250 g/mol. The Bertz CT molecular complexity index is 2690. The van der Waals surface area contributed by atoms with Gasteiger partial charge in [0, 0.05) is 104 Å². The molecule has 9 amide bonds. The van der Waals surface area contributed by atoms with E-state index in [-0.39, 0.29) is 120 Å². The summed E-state index contributed by atoms with van der Waals surface area (Å²) in [5.41, 5.74) is 2.23. The minimum Gasteiger partial charge on any atom is -0.383 e. The fraction of sp³-hybridized carbons (Fsp3) is 0.576. The average Bonchev–Trinajstić information content (AvgIpc) is 2.33. The first-order chi connectivity index (χ1) is 43.1. The Morgan fingerprint density at radius 3 is 1.31 bits per heavy atom. The Morgan fingerprint density at radius 1 is 0.472 bits per heavy atom. The van der Waals surface area contributed by atoms with Gasteiger partial charge in [-0.05, 0) is 62.1 Å². The van der Waals surface area contributed by atoms with Crippen molar-refractivity contribution in [2.45, 2.75) is 134 Å². The summed E-state index contributed by atoms with van der Waals surface area (Å²) in [6.45, 7) is 0.194. The summed E-state index contributed by atoms with van der Waals surface area (Å²) in [6, 6.07) is 27.6. The standard InChI is InChI=1S/C66H95N9O13S/c1-51(76)41-73(42-52-23-11-7-12-24-52)62(82)46-71(36-39-87-3)60(80)49-75(44-54-27-15-9-16-28-54)64(84)47-72(37-40-88-4)61(81)48-74(43-53-25-13-8-14-26-53)63(83)45-70(35-38-86-2)59(79)33-19-6-5-17-29-55(77)30-18-10-22-34-67-58(78)32-21-20-31-57-65-56(50-89-57)68-66(85)69-65/h7-9,11-16,23-28,56-57,65H,5-6,10,17-22,29-50H2,1-4H3,(H,67,78)(H2,68,69,85)/t56-,57?,65-/m0/s1. The maximum absolute atomic E-state index is 14.6. The van der Waals surface area contributed by atoms with E-state index >= 15 is 0 Å². The van der Waals surface area contributed by atoms with Crippen molar-refractivity contribution in [2.75, 3.05) is 112 Å². The smallest absolute Gasteiger partial charge is 0.315 e. The summed E-state index contributed by atoms with van der Waals surface area (Å²) in [5.74, 6) is -2.02. The second-order valence-electron chi connectivity index (χ2n) is 22.8. The molecule has 5 rings (SSSR count). The van der Waals surface area contributed by atoms with Crippen molar-refractivity contribution in [1.82, 2.24) is 45.3 Å². The van der Waals surface area contributed by atoms with Gasteiger partial charge in [0.2, 0.25) is 41.4 Å². The summed E-state index contributed by atoms with van der Waals surface area (Å²) in [7, 11) is 4.43. The van der Waals surface area contributed by atoms with Crippen molar-refractivity contribution in [3.8, 4) is 0 Å². The molecule has 3 aromatic carbocycles. The fourth-order valence-electron chi connectivity index (χ4n) is 10.6. The van der Waals surface area contributed by atoms with Crippen molar-refractivity contribution in [2.24, 2.45) is 0 Å². The number of fused-ring (bicyclic) bond motifs is 1. The van der Waals surface area contributed by atoms with Crippen molar-refractivity contribution < 1.29 is 62.2 Å². The maximum Gasteiger partial charge on any atom is 0.315 e. The van der Waals surface area contributed by atoms with E-state index in [2.05, 4.69) is 16.0 Å². The Kier molecular flexibility index (Phi) is 33.5. The molecule has 3 atom stereocenters. The highest BCUT2D eigenvalue weighted by atomic mass is 32.2. The lowest BCUT2D eigenvalue weighted by Crippen LogP contribution is -2.52. The summed E-state index contributed by atoms with van der Waals surface area (Å²) in [5, 5.41) is 9.35. The van der Waals surface area contributed by atoms with Gasteiger partial charge in [-0.15, -0.1) is 0 Å². The number of unbranched alkanes of at least 4 members (excludes halogenated alkanes) is 6. The molecule has 2 aliphatic heterocycles. The molecule has 3 N–H and O–H groups in total. The third-order valence-electron chi connectivity index (χ3n) is 15.6. The van der Waals surface area contributed by atoms with Gasteiger partial charge in [-0.2, -0.15) is 11.8 Å². The zero-order chi connectivity index (χ0) is 64.2. The lowest BCUT2D eigenvalue weighted by molar-refractivity contribution is -0.149. The molecular weight excluding hydrogens is 1160 g/mol. The van der Waals surface area contributed by atoms with Crippen LogP contribution in [0.15, 0.2) is 91.0 Å². The van der Waals surface area contributed by atoms with E-state index in [1.807, 2.05) is 78.5 Å². The van der Waals surface area contributed by atoms with E-state index in [1.165, 1.54) is 57.7 Å². The molecule has 22 nitrogen and oxygen atoms in total. The SMILES string of the molecule is COCCN(CC(=O)N(CC(=O)N(CCOC)CC(=O)N(CC(=O)N(CCOC)CC(=O)N(CC(C)=O)Cc1ccccc1)Cc1ccccc1)Cc1ccccc1)C(=O)CCCCCCC(=O)CCCCCNC(=O)CCCCC1SC[C@@H]2NC(=O)N[C@H]12. The summed E-state index contributed by atoms with van der Waals surface area (Å²) < 4.78 is 16.0. The zero-order valence-electron chi connectivity index (χ0n) is 52.7. The van der Waals surface area contributed by atoms with Crippen LogP contribution in [0, 0.1) is 0 Å². The molecule has 0 saturated carbocycles. The second kappa shape index (κ2) is 41.2.